The summed E-state index contributed by atoms with van der Waals surface area (Å²) in [5.74, 6) is -0.859. The molecule has 1 aromatic heterocycles. The summed E-state index contributed by atoms with van der Waals surface area (Å²) in [5.41, 5.74) is 6.74. The van der Waals surface area contributed by atoms with E-state index in [1.54, 1.807) is 19.1 Å². The molecule has 0 fully saturated rings. The third-order valence-electron chi connectivity index (χ3n) is 9.45. The number of hydrogen-bond donors (Lipinski definition) is 1. The summed E-state index contributed by atoms with van der Waals surface area (Å²) in [6.45, 7) is 10.9. The molecular formula is C40H55Br2NO2. The van der Waals surface area contributed by atoms with Crippen LogP contribution >= 0.6 is 31.9 Å². The highest BCUT2D eigenvalue weighted by Crippen LogP contribution is 2.45. The Hall–Kier alpha value is -2.11. The number of carbonyl (C=O) groups is 1. The Labute approximate surface area is 289 Å². The lowest BCUT2D eigenvalue weighted by atomic mass is 9.73. The number of benzene rings is 3. The van der Waals surface area contributed by atoms with E-state index in [2.05, 4.69) is 94.6 Å². The topological polar surface area (TPSA) is 42.2 Å². The fraction of sp³-hybridized carbons (Fsp3) is 0.525. The molecule has 4 rings (SSSR count). The van der Waals surface area contributed by atoms with Crippen molar-refractivity contribution in [1.29, 1.82) is 0 Å². The predicted molar refractivity (Wildman–Crippen MR) is 202 cm³/mol. The van der Waals surface area contributed by atoms with Crippen molar-refractivity contribution in [1.82, 2.24) is 4.57 Å². The monoisotopic (exact) mass is 739 g/mol. The van der Waals surface area contributed by atoms with Crippen molar-refractivity contribution in [3.63, 3.8) is 0 Å². The molecule has 1 N–H and O–H groups in total. The quantitative estimate of drug-likeness (QED) is 0.116. The van der Waals surface area contributed by atoms with Gasteiger partial charge >= 0.3 is 5.97 Å². The Balaban J connectivity index is 0.000000423. The van der Waals surface area contributed by atoms with E-state index in [9.17, 15) is 4.79 Å². The molecule has 0 saturated carbocycles. The number of carboxylic acid groups (broad SMARTS) is 1. The standard InChI is InChI=1S/C31H45Br2N.C9H10O2/c1-5-7-9-11-13-15-21-31(3,22-16-14-12-10-8-6-2)29-27(33)20-19-26-25-18-17-24(32)23-28(25)34(4)30(26)29;1-6-3-4-8(9(10)11)7(2)5-6/h17-20,23H,5-16,21-22H2,1-4H3;3-5H,1-2H3,(H,10,11). The maximum Gasteiger partial charge on any atom is 0.335 e. The van der Waals surface area contributed by atoms with Crippen molar-refractivity contribution in [3.8, 4) is 0 Å². The van der Waals surface area contributed by atoms with Crippen LogP contribution < -0.4 is 0 Å². The van der Waals surface area contributed by atoms with E-state index >= 15 is 0 Å². The summed E-state index contributed by atoms with van der Waals surface area (Å²) in [5, 5.41) is 11.4. The summed E-state index contributed by atoms with van der Waals surface area (Å²) in [6, 6.07) is 16.6. The van der Waals surface area contributed by atoms with E-state index in [-0.39, 0.29) is 5.41 Å². The first-order valence-corrected chi connectivity index (χ1v) is 18.8. The van der Waals surface area contributed by atoms with Gasteiger partial charge in [0.05, 0.1) is 11.1 Å². The fourth-order valence-electron chi connectivity index (χ4n) is 6.86. The Bertz CT molecular complexity index is 1520. The number of hydrogen-bond acceptors (Lipinski definition) is 1. The second-order valence-corrected chi connectivity index (χ2v) is 15.0. The average Bonchev–Trinajstić information content (AvgIpc) is 3.27. The molecular weight excluding hydrogens is 686 g/mol. The molecule has 246 valence electrons. The Kier molecular flexibility index (Phi) is 15.2. The number of nitrogens with zero attached hydrogens (tertiary/aromatic N) is 1. The highest BCUT2D eigenvalue weighted by Gasteiger charge is 2.31. The van der Waals surface area contributed by atoms with Gasteiger partial charge in [-0.3, -0.25) is 0 Å². The smallest absolute Gasteiger partial charge is 0.335 e. The first-order chi connectivity index (χ1) is 21.5. The summed E-state index contributed by atoms with van der Waals surface area (Å²) in [7, 11) is 2.25. The zero-order valence-electron chi connectivity index (χ0n) is 28.6. The number of fused-ring (bicyclic) bond motifs is 3. The van der Waals surface area contributed by atoms with Gasteiger partial charge in [-0.05, 0) is 67.5 Å². The van der Waals surface area contributed by atoms with Crippen LogP contribution in [0.5, 0.6) is 0 Å². The van der Waals surface area contributed by atoms with E-state index in [1.165, 1.54) is 122 Å². The average molecular weight is 742 g/mol. The molecule has 0 spiro atoms. The molecule has 0 atom stereocenters. The number of aromatic nitrogens is 1. The van der Waals surface area contributed by atoms with Gasteiger partial charge in [-0.2, -0.15) is 0 Å². The number of halogens is 2. The van der Waals surface area contributed by atoms with E-state index in [1.807, 2.05) is 13.0 Å². The van der Waals surface area contributed by atoms with Crippen molar-refractivity contribution in [2.45, 2.75) is 130 Å². The third kappa shape index (κ3) is 10.2. The minimum Gasteiger partial charge on any atom is -0.478 e. The normalized spacial score (nSPS) is 11.6. The molecule has 1 heterocycles. The van der Waals surface area contributed by atoms with Gasteiger partial charge in [0, 0.05) is 32.3 Å². The number of rotatable bonds is 16. The van der Waals surface area contributed by atoms with Crippen molar-refractivity contribution in [2.75, 3.05) is 0 Å². The molecule has 0 radical (unpaired) electrons. The highest BCUT2D eigenvalue weighted by molar-refractivity contribution is 9.10. The molecule has 3 nitrogen and oxygen atoms in total. The van der Waals surface area contributed by atoms with Gasteiger partial charge in [0.2, 0.25) is 0 Å². The molecule has 0 unspecified atom stereocenters. The molecule has 0 aliphatic heterocycles. The van der Waals surface area contributed by atoms with Crippen LogP contribution in [0.4, 0.5) is 0 Å². The largest absolute Gasteiger partial charge is 0.478 e. The van der Waals surface area contributed by atoms with E-state index in [0.29, 0.717) is 5.56 Å². The van der Waals surface area contributed by atoms with Crippen molar-refractivity contribution >= 4 is 59.6 Å². The van der Waals surface area contributed by atoms with Gasteiger partial charge in [-0.25, -0.2) is 4.79 Å². The Morgan fingerprint density at radius 3 is 1.87 bits per heavy atom. The molecule has 0 saturated heterocycles. The maximum atomic E-state index is 10.5. The van der Waals surface area contributed by atoms with Crippen LogP contribution in [0.3, 0.4) is 0 Å². The summed E-state index contributed by atoms with van der Waals surface area (Å²) >= 11 is 7.72. The van der Waals surface area contributed by atoms with Crippen LogP contribution in [0.25, 0.3) is 21.8 Å². The molecule has 4 aromatic rings. The molecule has 0 amide bonds. The first-order valence-electron chi connectivity index (χ1n) is 17.2. The fourth-order valence-corrected chi connectivity index (χ4v) is 8.00. The van der Waals surface area contributed by atoms with Crippen LogP contribution in [-0.2, 0) is 12.5 Å². The summed E-state index contributed by atoms with van der Waals surface area (Å²) in [6.07, 6.45) is 18.9. The molecule has 45 heavy (non-hydrogen) atoms. The van der Waals surface area contributed by atoms with Gasteiger partial charge < -0.3 is 9.67 Å². The minimum absolute atomic E-state index is 0.188. The van der Waals surface area contributed by atoms with Crippen LogP contribution in [0.15, 0.2) is 57.5 Å². The number of unbranched alkanes of at least 4 members (excludes halogenated alkanes) is 10. The van der Waals surface area contributed by atoms with Crippen LogP contribution in [-0.4, -0.2) is 15.6 Å². The Morgan fingerprint density at radius 1 is 0.756 bits per heavy atom. The van der Waals surface area contributed by atoms with Gasteiger partial charge in [-0.15, -0.1) is 0 Å². The molecule has 0 aliphatic rings. The zero-order valence-corrected chi connectivity index (χ0v) is 31.7. The summed E-state index contributed by atoms with van der Waals surface area (Å²) in [4.78, 5) is 10.5. The highest BCUT2D eigenvalue weighted by atomic mass is 79.9. The SMILES string of the molecule is CCCCCCCCC(C)(CCCCCCCC)c1c(Br)ccc2c3ccc(Br)cc3n(C)c12.Cc1ccc(C(=O)O)c(C)c1. The molecule has 3 aromatic carbocycles. The predicted octanol–water partition coefficient (Wildman–Crippen LogP) is 13.6. The van der Waals surface area contributed by atoms with Crippen LogP contribution in [0.1, 0.15) is 138 Å². The zero-order chi connectivity index (χ0) is 33.0. The summed E-state index contributed by atoms with van der Waals surface area (Å²) < 4.78 is 4.87. The second kappa shape index (κ2) is 18.3. The molecule has 5 heteroatoms. The van der Waals surface area contributed by atoms with Gasteiger partial charge in [-0.1, -0.05) is 160 Å². The van der Waals surface area contributed by atoms with Crippen molar-refractivity contribution in [2.24, 2.45) is 7.05 Å². The number of carboxylic acids is 1. The lowest BCUT2D eigenvalue weighted by Gasteiger charge is -2.33. The molecule has 0 aliphatic carbocycles. The minimum atomic E-state index is -0.859. The van der Waals surface area contributed by atoms with Gasteiger partial charge in [0.15, 0.2) is 0 Å². The number of aryl methyl sites for hydroxylation is 3. The maximum absolute atomic E-state index is 10.5. The lowest BCUT2D eigenvalue weighted by molar-refractivity contribution is 0.0696. The van der Waals surface area contributed by atoms with Crippen molar-refractivity contribution < 1.29 is 9.90 Å². The van der Waals surface area contributed by atoms with E-state index in [4.69, 9.17) is 5.11 Å². The van der Waals surface area contributed by atoms with Crippen molar-refractivity contribution in [3.05, 3.63) is 79.7 Å². The Morgan fingerprint density at radius 2 is 1.31 bits per heavy atom. The first kappa shape index (κ1) is 37.3. The van der Waals surface area contributed by atoms with Crippen LogP contribution in [0.2, 0.25) is 0 Å². The lowest BCUT2D eigenvalue weighted by Crippen LogP contribution is -2.24. The van der Waals surface area contributed by atoms with Crippen LogP contribution in [0, 0.1) is 13.8 Å². The third-order valence-corrected chi connectivity index (χ3v) is 10.6. The second-order valence-electron chi connectivity index (χ2n) is 13.3. The van der Waals surface area contributed by atoms with E-state index < -0.39 is 5.97 Å². The number of aromatic carboxylic acids is 1. The van der Waals surface area contributed by atoms with Gasteiger partial charge in [0.1, 0.15) is 0 Å². The van der Waals surface area contributed by atoms with E-state index in [0.717, 1.165) is 15.6 Å². The molecule has 0 bridgehead atoms. The van der Waals surface area contributed by atoms with Gasteiger partial charge in [0.25, 0.3) is 0 Å².